The molecule has 2 aromatic heterocycles. The van der Waals surface area contributed by atoms with Crippen LogP contribution in [0.2, 0.25) is 0 Å². The van der Waals surface area contributed by atoms with E-state index in [1.807, 2.05) is 0 Å². The van der Waals surface area contributed by atoms with Crippen LogP contribution >= 0.6 is 0 Å². The van der Waals surface area contributed by atoms with E-state index in [0.717, 1.165) is 0 Å². The van der Waals surface area contributed by atoms with Crippen molar-refractivity contribution in [2.75, 3.05) is 7.11 Å². The standard InChI is InChI=1S/C16H13FN2O3/c1-9-8-10(6-7-11(9)17)15-14(16(20)21)18-12-4-3-5-13(22-2)19(12)15/h3-8H,1-2H3,(H,20,21). The fourth-order valence-electron chi connectivity index (χ4n) is 2.43. The van der Waals surface area contributed by atoms with Crippen LogP contribution in [0.15, 0.2) is 36.4 Å². The first-order valence-electron chi connectivity index (χ1n) is 6.58. The highest BCUT2D eigenvalue weighted by Gasteiger charge is 2.22. The van der Waals surface area contributed by atoms with Crippen molar-refractivity contribution in [3.8, 4) is 17.1 Å². The van der Waals surface area contributed by atoms with E-state index in [-0.39, 0.29) is 11.5 Å². The SMILES string of the molecule is COc1cccc2nc(C(=O)O)c(-c3ccc(F)c(C)c3)n12. The van der Waals surface area contributed by atoms with Gasteiger partial charge in [-0.15, -0.1) is 0 Å². The van der Waals surface area contributed by atoms with Gasteiger partial charge < -0.3 is 9.84 Å². The van der Waals surface area contributed by atoms with Crippen molar-refractivity contribution in [3.63, 3.8) is 0 Å². The number of carboxylic acids is 1. The van der Waals surface area contributed by atoms with Crippen molar-refractivity contribution < 1.29 is 19.0 Å². The molecule has 0 aliphatic rings. The lowest BCUT2D eigenvalue weighted by Crippen LogP contribution is -2.02. The summed E-state index contributed by atoms with van der Waals surface area (Å²) in [5.41, 5.74) is 1.71. The second-order valence-corrected chi connectivity index (χ2v) is 4.84. The van der Waals surface area contributed by atoms with Crippen LogP contribution < -0.4 is 4.74 Å². The highest BCUT2D eigenvalue weighted by Crippen LogP contribution is 2.30. The second kappa shape index (κ2) is 5.14. The number of rotatable bonds is 3. The zero-order chi connectivity index (χ0) is 15.9. The number of benzene rings is 1. The van der Waals surface area contributed by atoms with E-state index in [9.17, 15) is 14.3 Å². The number of methoxy groups -OCH3 is 1. The van der Waals surface area contributed by atoms with Gasteiger partial charge in [-0.05, 0) is 42.8 Å². The molecule has 0 unspecified atom stereocenters. The van der Waals surface area contributed by atoms with Crippen LogP contribution in [0.5, 0.6) is 5.88 Å². The normalized spacial score (nSPS) is 10.9. The Bertz CT molecular complexity index is 886. The average molecular weight is 300 g/mol. The summed E-state index contributed by atoms with van der Waals surface area (Å²) in [6.07, 6.45) is 0. The van der Waals surface area contributed by atoms with Crippen LogP contribution in [-0.2, 0) is 0 Å². The number of nitrogens with zero attached hydrogens (tertiary/aromatic N) is 2. The third-order valence-corrected chi connectivity index (χ3v) is 3.45. The Morgan fingerprint density at radius 2 is 2.09 bits per heavy atom. The lowest BCUT2D eigenvalue weighted by Gasteiger charge is -2.09. The molecule has 0 fully saturated rings. The minimum atomic E-state index is -1.15. The fourth-order valence-corrected chi connectivity index (χ4v) is 2.43. The highest BCUT2D eigenvalue weighted by molar-refractivity contribution is 5.94. The smallest absolute Gasteiger partial charge is 0.356 e. The van der Waals surface area contributed by atoms with Gasteiger partial charge in [-0.25, -0.2) is 14.2 Å². The molecule has 6 heteroatoms. The van der Waals surface area contributed by atoms with E-state index < -0.39 is 5.97 Å². The zero-order valence-electron chi connectivity index (χ0n) is 12.0. The number of aryl methyl sites for hydroxylation is 1. The van der Waals surface area contributed by atoms with Crippen molar-refractivity contribution in [2.24, 2.45) is 0 Å². The highest BCUT2D eigenvalue weighted by atomic mass is 19.1. The summed E-state index contributed by atoms with van der Waals surface area (Å²) in [7, 11) is 1.49. The van der Waals surface area contributed by atoms with E-state index in [2.05, 4.69) is 4.98 Å². The first kappa shape index (κ1) is 14.1. The van der Waals surface area contributed by atoms with E-state index in [4.69, 9.17) is 4.74 Å². The molecular formula is C16H13FN2O3. The van der Waals surface area contributed by atoms with Crippen molar-refractivity contribution in [1.29, 1.82) is 0 Å². The molecule has 0 bridgehead atoms. The Balaban J connectivity index is 2.41. The number of aromatic nitrogens is 2. The predicted octanol–water partition coefficient (Wildman–Crippen LogP) is 3.16. The van der Waals surface area contributed by atoms with Crippen LogP contribution in [0, 0.1) is 12.7 Å². The molecule has 1 N–H and O–H groups in total. The summed E-state index contributed by atoms with van der Waals surface area (Å²) in [6, 6.07) is 9.56. The van der Waals surface area contributed by atoms with E-state index in [1.54, 1.807) is 35.6 Å². The Hall–Kier alpha value is -2.89. The number of ether oxygens (including phenoxy) is 1. The molecule has 0 atom stereocenters. The summed E-state index contributed by atoms with van der Waals surface area (Å²) >= 11 is 0. The number of aromatic carboxylic acids is 1. The molecule has 0 aliphatic carbocycles. The number of carbonyl (C=O) groups is 1. The van der Waals surface area contributed by atoms with Crippen LogP contribution in [0.1, 0.15) is 16.1 Å². The second-order valence-electron chi connectivity index (χ2n) is 4.84. The van der Waals surface area contributed by atoms with Crippen LogP contribution in [0.25, 0.3) is 16.9 Å². The van der Waals surface area contributed by atoms with Gasteiger partial charge in [0.2, 0.25) is 0 Å². The molecule has 112 valence electrons. The molecular weight excluding hydrogens is 287 g/mol. The van der Waals surface area contributed by atoms with Crippen LogP contribution in [0.4, 0.5) is 4.39 Å². The maximum Gasteiger partial charge on any atom is 0.356 e. The predicted molar refractivity (Wildman–Crippen MR) is 78.8 cm³/mol. The number of halogens is 1. The maximum absolute atomic E-state index is 13.5. The third-order valence-electron chi connectivity index (χ3n) is 3.45. The van der Waals surface area contributed by atoms with Gasteiger partial charge in [-0.1, -0.05) is 6.07 Å². The number of hydrogen-bond donors (Lipinski definition) is 1. The van der Waals surface area contributed by atoms with E-state index in [1.165, 1.54) is 19.2 Å². The lowest BCUT2D eigenvalue weighted by atomic mass is 10.1. The summed E-state index contributed by atoms with van der Waals surface area (Å²) < 4.78 is 20.4. The first-order chi connectivity index (χ1) is 10.5. The van der Waals surface area contributed by atoms with Crippen LogP contribution in [-0.4, -0.2) is 27.6 Å². The van der Waals surface area contributed by atoms with Gasteiger partial charge in [-0.2, -0.15) is 0 Å². The molecule has 3 aromatic rings. The molecule has 0 spiro atoms. The summed E-state index contributed by atoms with van der Waals surface area (Å²) in [4.78, 5) is 15.7. The molecule has 0 saturated heterocycles. The monoisotopic (exact) mass is 300 g/mol. The van der Waals surface area contributed by atoms with Gasteiger partial charge in [0.05, 0.1) is 12.8 Å². The molecule has 5 nitrogen and oxygen atoms in total. The molecule has 3 rings (SSSR count). The molecule has 1 aromatic carbocycles. The van der Waals surface area contributed by atoms with Crippen molar-refractivity contribution in [1.82, 2.24) is 9.38 Å². The molecule has 22 heavy (non-hydrogen) atoms. The first-order valence-corrected chi connectivity index (χ1v) is 6.58. The van der Waals surface area contributed by atoms with Gasteiger partial charge in [0.15, 0.2) is 11.6 Å². The Morgan fingerprint density at radius 3 is 2.73 bits per heavy atom. The quantitative estimate of drug-likeness (QED) is 0.807. The third kappa shape index (κ3) is 2.09. The molecule has 2 heterocycles. The fraction of sp³-hybridized carbons (Fsp3) is 0.125. The molecule has 0 aliphatic heterocycles. The summed E-state index contributed by atoms with van der Waals surface area (Å²) in [6.45, 7) is 1.62. The minimum Gasteiger partial charge on any atom is -0.482 e. The van der Waals surface area contributed by atoms with E-state index >= 15 is 0 Å². The van der Waals surface area contributed by atoms with E-state index in [0.29, 0.717) is 28.3 Å². The molecule has 0 amide bonds. The minimum absolute atomic E-state index is 0.101. The number of fused-ring (bicyclic) bond motifs is 1. The lowest BCUT2D eigenvalue weighted by molar-refractivity contribution is 0.0692. The van der Waals surface area contributed by atoms with Crippen LogP contribution in [0.3, 0.4) is 0 Å². The number of pyridine rings is 1. The molecule has 0 radical (unpaired) electrons. The van der Waals surface area contributed by atoms with Crippen molar-refractivity contribution >= 4 is 11.6 Å². The number of hydrogen-bond acceptors (Lipinski definition) is 3. The maximum atomic E-state index is 13.5. The topological polar surface area (TPSA) is 63.8 Å². The van der Waals surface area contributed by atoms with Gasteiger partial charge >= 0.3 is 5.97 Å². The summed E-state index contributed by atoms with van der Waals surface area (Å²) in [5.74, 6) is -1.04. The number of carboxylic acid groups (broad SMARTS) is 1. The van der Waals surface area contributed by atoms with Gasteiger partial charge in [0, 0.05) is 5.56 Å². The van der Waals surface area contributed by atoms with Gasteiger partial charge in [0.1, 0.15) is 11.5 Å². The molecule has 0 saturated carbocycles. The van der Waals surface area contributed by atoms with Crippen molar-refractivity contribution in [3.05, 3.63) is 53.5 Å². The Kier molecular flexibility index (Phi) is 3.29. The van der Waals surface area contributed by atoms with Gasteiger partial charge in [-0.3, -0.25) is 4.40 Å². The zero-order valence-corrected chi connectivity index (χ0v) is 12.0. The number of imidazole rings is 1. The Labute approximate surface area is 125 Å². The summed E-state index contributed by atoms with van der Waals surface area (Å²) in [5, 5.41) is 9.42. The van der Waals surface area contributed by atoms with Gasteiger partial charge in [0.25, 0.3) is 0 Å². The van der Waals surface area contributed by atoms with Crippen molar-refractivity contribution in [2.45, 2.75) is 6.92 Å². The Morgan fingerprint density at radius 1 is 1.32 bits per heavy atom. The largest absolute Gasteiger partial charge is 0.482 e. The average Bonchev–Trinajstić information content (AvgIpc) is 2.89.